The molecule has 90 valence electrons. The number of nitriles is 1. The highest BCUT2D eigenvalue weighted by atomic mass is 16.5. The third kappa shape index (κ3) is 2.56. The lowest BCUT2D eigenvalue weighted by molar-refractivity contribution is -0.0227. The van der Waals surface area contributed by atoms with Gasteiger partial charge in [0.1, 0.15) is 5.54 Å². The molecule has 2 saturated carbocycles. The van der Waals surface area contributed by atoms with E-state index in [9.17, 15) is 0 Å². The van der Waals surface area contributed by atoms with Crippen LogP contribution in [0.25, 0.3) is 0 Å². The van der Waals surface area contributed by atoms with Gasteiger partial charge in [-0.2, -0.15) is 5.26 Å². The van der Waals surface area contributed by atoms with E-state index in [1.54, 1.807) is 0 Å². The molecule has 3 unspecified atom stereocenters. The predicted molar refractivity (Wildman–Crippen MR) is 62.6 cm³/mol. The minimum Gasteiger partial charge on any atom is -0.375 e. The van der Waals surface area contributed by atoms with Crippen LogP contribution in [0.4, 0.5) is 0 Å². The highest BCUT2D eigenvalue weighted by Gasteiger charge is 2.43. The third-order valence-corrected chi connectivity index (χ3v) is 4.08. The zero-order chi connectivity index (χ0) is 11.6. The maximum Gasteiger partial charge on any atom is 0.130 e. The normalized spacial score (nSPS) is 34.1. The first kappa shape index (κ1) is 11.9. The lowest BCUT2D eigenvalue weighted by atomic mass is 9.87. The Morgan fingerprint density at radius 1 is 1.31 bits per heavy atom. The summed E-state index contributed by atoms with van der Waals surface area (Å²) in [5.41, 5.74) is 5.35. The van der Waals surface area contributed by atoms with Gasteiger partial charge >= 0.3 is 0 Å². The summed E-state index contributed by atoms with van der Waals surface area (Å²) in [6.07, 6.45) is 7.45. The fourth-order valence-electron chi connectivity index (χ4n) is 2.61. The van der Waals surface area contributed by atoms with E-state index < -0.39 is 5.54 Å². The third-order valence-electron chi connectivity index (χ3n) is 4.08. The molecule has 3 heteroatoms. The van der Waals surface area contributed by atoms with Crippen molar-refractivity contribution >= 4 is 0 Å². The highest BCUT2D eigenvalue weighted by molar-refractivity contribution is 5.13. The van der Waals surface area contributed by atoms with Crippen LogP contribution in [0.1, 0.15) is 45.4 Å². The molecule has 0 bridgehead atoms. The highest BCUT2D eigenvalue weighted by Crippen LogP contribution is 2.38. The summed E-state index contributed by atoms with van der Waals surface area (Å²) in [5.74, 6) is 0.993. The number of nitrogens with two attached hydrogens (primary N) is 1. The van der Waals surface area contributed by atoms with Gasteiger partial charge in [-0.05, 0) is 37.5 Å². The number of hydrogen-bond donors (Lipinski definition) is 1. The van der Waals surface area contributed by atoms with Crippen LogP contribution in [0, 0.1) is 23.2 Å². The SMILES string of the molecule is CC1CCCCC1OCC(N)(C#N)C1CC1. The van der Waals surface area contributed by atoms with Crippen molar-refractivity contribution in [2.24, 2.45) is 17.6 Å². The van der Waals surface area contributed by atoms with E-state index >= 15 is 0 Å². The van der Waals surface area contributed by atoms with Crippen molar-refractivity contribution in [1.82, 2.24) is 0 Å². The van der Waals surface area contributed by atoms with Crippen LogP contribution in [0.3, 0.4) is 0 Å². The van der Waals surface area contributed by atoms with Crippen LogP contribution in [0.15, 0.2) is 0 Å². The molecule has 2 aliphatic carbocycles. The smallest absolute Gasteiger partial charge is 0.130 e. The molecule has 0 spiro atoms. The molecule has 16 heavy (non-hydrogen) atoms. The molecule has 0 aliphatic heterocycles. The Balaban J connectivity index is 1.83. The molecule has 0 aromatic rings. The Labute approximate surface area is 98.0 Å². The van der Waals surface area contributed by atoms with E-state index in [0.717, 1.165) is 19.3 Å². The fraction of sp³-hybridized carbons (Fsp3) is 0.923. The first-order valence-corrected chi connectivity index (χ1v) is 6.47. The van der Waals surface area contributed by atoms with Crippen molar-refractivity contribution in [2.45, 2.75) is 57.1 Å². The zero-order valence-corrected chi connectivity index (χ0v) is 10.1. The first-order valence-electron chi connectivity index (χ1n) is 6.47. The molecule has 0 aromatic carbocycles. The molecule has 0 saturated heterocycles. The molecule has 0 heterocycles. The second-order valence-corrected chi connectivity index (χ2v) is 5.54. The van der Waals surface area contributed by atoms with Gasteiger partial charge in [0, 0.05) is 0 Å². The molecule has 0 aromatic heterocycles. The van der Waals surface area contributed by atoms with Crippen LogP contribution < -0.4 is 5.73 Å². The van der Waals surface area contributed by atoms with Gasteiger partial charge in [-0.25, -0.2) is 0 Å². The first-order chi connectivity index (χ1) is 7.65. The summed E-state index contributed by atoms with van der Waals surface area (Å²) in [6.45, 7) is 2.66. The average molecular weight is 222 g/mol. The number of rotatable bonds is 4. The summed E-state index contributed by atoms with van der Waals surface area (Å²) in [7, 11) is 0. The maximum absolute atomic E-state index is 9.14. The van der Waals surface area contributed by atoms with Gasteiger partial charge in [-0.15, -0.1) is 0 Å². The molecule has 3 nitrogen and oxygen atoms in total. The van der Waals surface area contributed by atoms with Gasteiger partial charge in [-0.3, -0.25) is 0 Å². The summed E-state index contributed by atoms with van der Waals surface area (Å²) < 4.78 is 5.91. The van der Waals surface area contributed by atoms with Crippen LogP contribution in [0.5, 0.6) is 0 Å². The van der Waals surface area contributed by atoms with Crippen LogP contribution >= 0.6 is 0 Å². The van der Waals surface area contributed by atoms with Crippen molar-refractivity contribution in [1.29, 1.82) is 5.26 Å². The molecule has 2 rings (SSSR count). The minimum absolute atomic E-state index is 0.323. The Morgan fingerprint density at radius 3 is 2.56 bits per heavy atom. The van der Waals surface area contributed by atoms with E-state index in [1.165, 1.54) is 19.3 Å². The van der Waals surface area contributed by atoms with E-state index in [1.807, 2.05) is 0 Å². The largest absolute Gasteiger partial charge is 0.375 e. The molecular weight excluding hydrogens is 200 g/mol. The number of nitrogens with zero attached hydrogens (tertiary/aromatic N) is 1. The second kappa shape index (κ2) is 4.73. The summed E-state index contributed by atoms with van der Waals surface area (Å²) in [6, 6.07) is 2.25. The van der Waals surface area contributed by atoms with Crippen molar-refractivity contribution in [3.05, 3.63) is 0 Å². The summed E-state index contributed by atoms with van der Waals surface area (Å²) in [4.78, 5) is 0. The molecule has 3 atom stereocenters. The van der Waals surface area contributed by atoms with Crippen molar-refractivity contribution in [2.75, 3.05) is 6.61 Å². The van der Waals surface area contributed by atoms with E-state index in [0.29, 0.717) is 24.5 Å². The molecule has 0 amide bonds. The van der Waals surface area contributed by atoms with E-state index in [4.69, 9.17) is 15.7 Å². The van der Waals surface area contributed by atoms with E-state index in [-0.39, 0.29) is 0 Å². The van der Waals surface area contributed by atoms with Crippen LogP contribution in [-0.4, -0.2) is 18.2 Å². The second-order valence-electron chi connectivity index (χ2n) is 5.54. The summed E-state index contributed by atoms with van der Waals surface area (Å²) >= 11 is 0. The quantitative estimate of drug-likeness (QED) is 0.793. The van der Waals surface area contributed by atoms with Crippen LogP contribution in [0.2, 0.25) is 0 Å². The Hall–Kier alpha value is -0.590. The molecule has 2 N–H and O–H groups in total. The van der Waals surface area contributed by atoms with E-state index in [2.05, 4.69) is 13.0 Å². The van der Waals surface area contributed by atoms with Gasteiger partial charge < -0.3 is 10.5 Å². The Bertz CT molecular complexity index is 282. The van der Waals surface area contributed by atoms with Crippen molar-refractivity contribution < 1.29 is 4.74 Å². The summed E-state index contributed by atoms with van der Waals surface area (Å²) in [5, 5.41) is 9.14. The Kier molecular flexibility index (Phi) is 3.51. The minimum atomic E-state index is -0.725. The average Bonchev–Trinajstić information content (AvgIpc) is 3.12. The number of hydrogen-bond acceptors (Lipinski definition) is 3. The topological polar surface area (TPSA) is 59.0 Å². The lowest BCUT2D eigenvalue weighted by Crippen LogP contribution is -2.47. The Morgan fingerprint density at radius 2 is 2.00 bits per heavy atom. The van der Waals surface area contributed by atoms with Gasteiger partial charge in [0.05, 0.1) is 18.8 Å². The van der Waals surface area contributed by atoms with Gasteiger partial charge in [0.2, 0.25) is 0 Å². The number of ether oxygens (including phenoxy) is 1. The lowest BCUT2D eigenvalue weighted by Gasteiger charge is -2.31. The molecule has 2 aliphatic rings. The predicted octanol–water partition coefficient (Wildman–Crippen LogP) is 2.21. The van der Waals surface area contributed by atoms with Crippen molar-refractivity contribution in [3.63, 3.8) is 0 Å². The molecule has 2 fully saturated rings. The van der Waals surface area contributed by atoms with Crippen molar-refractivity contribution in [3.8, 4) is 6.07 Å². The molecule has 0 radical (unpaired) electrons. The van der Waals surface area contributed by atoms with Crippen LogP contribution in [-0.2, 0) is 4.74 Å². The zero-order valence-electron chi connectivity index (χ0n) is 10.1. The molecular formula is C13H22N2O. The maximum atomic E-state index is 9.14. The monoisotopic (exact) mass is 222 g/mol. The van der Waals surface area contributed by atoms with Gasteiger partial charge in [0.15, 0.2) is 0 Å². The van der Waals surface area contributed by atoms with Gasteiger partial charge in [0.25, 0.3) is 0 Å². The standard InChI is InChI=1S/C13H22N2O/c1-10-4-2-3-5-12(10)16-9-13(15,8-14)11-6-7-11/h10-12H,2-7,9,15H2,1H3. The fourth-order valence-corrected chi connectivity index (χ4v) is 2.61. The van der Waals surface area contributed by atoms with Gasteiger partial charge in [-0.1, -0.05) is 19.8 Å².